The third-order valence-corrected chi connectivity index (χ3v) is 5.92. The highest BCUT2D eigenvalue weighted by Gasteiger charge is 2.27. The second-order valence-electron chi connectivity index (χ2n) is 8.15. The van der Waals surface area contributed by atoms with Crippen LogP contribution in [0.4, 0.5) is 27.6 Å². The smallest absolute Gasteiger partial charge is 0.255 e. The minimum Gasteiger partial charge on any atom is -0.489 e. The normalized spacial score (nSPS) is 11.0. The number of carbonyl (C=O) groups is 1. The van der Waals surface area contributed by atoms with E-state index in [0.717, 1.165) is 10.2 Å². The summed E-state index contributed by atoms with van der Waals surface area (Å²) in [5.74, 6) is -10.0. The SMILES string of the molecule is Cc1nn(Cc2c(F)c(F)c(F)c(F)c2F)c(C)c1NC(=O)c1ccc(COc2ccc(Cl)cc2)cc1. The lowest BCUT2D eigenvalue weighted by atomic mass is 10.1. The molecule has 1 aromatic heterocycles. The minimum atomic E-state index is -2.23. The number of carbonyl (C=O) groups excluding carboxylic acids is 1. The highest BCUT2D eigenvalue weighted by atomic mass is 35.5. The molecule has 0 aliphatic carbocycles. The number of hydrogen-bond acceptors (Lipinski definition) is 3. The molecule has 0 aliphatic rings. The Kier molecular flexibility index (Phi) is 7.49. The Morgan fingerprint density at radius 3 is 2.05 bits per heavy atom. The Bertz CT molecular complexity index is 1440. The van der Waals surface area contributed by atoms with Crippen molar-refractivity contribution in [3.63, 3.8) is 0 Å². The maximum Gasteiger partial charge on any atom is 0.255 e. The Balaban J connectivity index is 1.47. The van der Waals surface area contributed by atoms with Crippen LogP contribution >= 0.6 is 11.6 Å². The van der Waals surface area contributed by atoms with Gasteiger partial charge in [-0.3, -0.25) is 9.48 Å². The van der Waals surface area contributed by atoms with Crippen LogP contribution in [0.1, 0.15) is 32.9 Å². The van der Waals surface area contributed by atoms with Gasteiger partial charge in [0.25, 0.3) is 5.91 Å². The Morgan fingerprint density at radius 2 is 1.46 bits per heavy atom. The van der Waals surface area contributed by atoms with Crippen LogP contribution in [0.15, 0.2) is 48.5 Å². The van der Waals surface area contributed by atoms with Crippen molar-refractivity contribution < 1.29 is 31.5 Å². The number of nitrogens with one attached hydrogen (secondary N) is 1. The van der Waals surface area contributed by atoms with Crippen molar-refractivity contribution in [1.82, 2.24) is 9.78 Å². The fraction of sp³-hybridized carbons (Fsp3) is 0.154. The van der Waals surface area contributed by atoms with Gasteiger partial charge >= 0.3 is 0 Å². The van der Waals surface area contributed by atoms with E-state index in [-0.39, 0.29) is 18.0 Å². The Labute approximate surface area is 213 Å². The van der Waals surface area contributed by atoms with Crippen LogP contribution in [-0.4, -0.2) is 15.7 Å². The molecule has 0 spiro atoms. The fourth-order valence-electron chi connectivity index (χ4n) is 3.61. The molecular formula is C26H19ClF5N3O2. The van der Waals surface area contributed by atoms with Gasteiger partial charge in [-0.15, -0.1) is 0 Å². The zero-order chi connectivity index (χ0) is 26.9. The summed E-state index contributed by atoms with van der Waals surface area (Å²) in [5, 5.41) is 7.37. The van der Waals surface area contributed by atoms with Gasteiger partial charge in [0.05, 0.1) is 29.2 Å². The lowest BCUT2D eigenvalue weighted by Crippen LogP contribution is -2.14. The monoisotopic (exact) mass is 535 g/mol. The molecule has 11 heteroatoms. The van der Waals surface area contributed by atoms with Crippen LogP contribution < -0.4 is 10.1 Å². The summed E-state index contributed by atoms with van der Waals surface area (Å²) < 4.78 is 75.4. The number of ether oxygens (including phenoxy) is 1. The number of halogens is 6. The molecule has 3 aromatic carbocycles. The Morgan fingerprint density at radius 1 is 0.892 bits per heavy atom. The first-order valence-electron chi connectivity index (χ1n) is 10.9. The number of rotatable bonds is 7. The molecule has 37 heavy (non-hydrogen) atoms. The fourth-order valence-corrected chi connectivity index (χ4v) is 3.73. The van der Waals surface area contributed by atoms with Crippen LogP contribution in [0.5, 0.6) is 5.75 Å². The van der Waals surface area contributed by atoms with Gasteiger partial charge in [-0.1, -0.05) is 23.7 Å². The summed E-state index contributed by atoms with van der Waals surface area (Å²) in [6, 6.07) is 13.5. The van der Waals surface area contributed by atoms with Crippen LogP contribution in [-0.2, 0) is 13.2 Å². The summed E-state index contributed by atoms with van der Waals surface area (Å²) in [6.07, 6.45) is 0. The summed E-state index contributed by atoms with van der Waals surface area (Å²) in [5.41, 5.74) is 0.918. The average molecular weight is 536 g/mol. The number of nitrogens with zero attached hydrogens (tertiary/aromatic N) is 2. The van der Waals surface area contributed by atoms with Gasteiger partial charge in [0.2, 0.25) is 5.82 Å². The van der Waals surface area contributed by atoms with Gasteiger partial charge in [0.15, 0.2) is 23.3 Å². The molecule has 1 amide bonds. The number of benzene rings is 3. The predicted octanol–water partition coefficient (Wildman–Crippen LogP) is 6.73. The van der Waals surface area contributed by atoms with E-state index in [1.165, 1.54) is 13.8 Å². The minimum absolute atomic E-state index is 0.254. The average Bonchev–Trinajstić information content (AvgIpc) is 3.16. The standard InChI is InChI=1S/C26H19ClF5N3O2/c1-13-25(14(2)35(34-13)11-19-20(28)22(30)24(32)23(31)21(19)29)33-26(36)16-5-3-15(4-6-16)12-37-18-9-7-17(27)8-10-18/h3-10H,11-12H2,1-2H3,(H,33,36). The van der Waals surface area contributed by atoms with E-state index in [0.29, 0.717) is 22.0 Å². The number of hydrogen-bond donors (Lipinski definition) is 1. The molecule has 0 unspecified atom stereocenters. The molecule has 0 saturated carbocycles. The first-order valence-corrected chi connectivity index (χ1v) is 11.3. The van der Waals surface area contributed by atoms with E-state index in [2.05, 4.69) is 10.4 Å². The van der Waals surface area contributed by atoms with Crippen LogP contribution in [0.2, 0.25) is 5.02 Å². The van der Waals surface area contributed by atoms with Crippen molar-refractivity contribution >= 4 is 23.2 Å². The predicted molar refractivity (Wildman–Crippen MR) is 127 cm³/mol. The van der Waals surface area contributed by atoms with Crippen molar-refractivity contribution in [2.75, 3.05) is 5.32 Å². The van der Waals surface area contributed by atoms with E-state index in [1.54, 1.807) is 48.5 Å². The van der Waals surface area contributed by atoms with Crippen molar-refractivity contribution in [2.45, 2.75) is 27.0 Å². The summed E-state index contributed by atoms with van der Waals surface area (Å²) >= 11 is 5.85. The summed E-state index contributed by atoms with van der Waals surface area (Å²) in [6.45, 7) is 2.58. The third-order valence-electron chi connectivity index (χ3n) is 5.66. The first kappa shape index (κ1) is 26.2. The molecule has 0 atom stereocenters. The number of amides is 1. The molecule has 192 valence electrons. The zero-order valence-corrected chi connectivity index (χ0v) is 20.3. The summed E-state index contributed by atoms with van der Waals surface area (Å²) in [4.78, 5) is 12.8. The lowest BCUT2D eigenvalue weighted by Gasteiger charge is -2.11. The Hall–Kier alpha value is -3.92. The topological polar surface area (TPSA) is 56.2 Å². The molecular weight excluding hydrogens is 517 g/mol. The third kappa shape index (κ3) is 5.43. The van der Waals surface area contributed by atoms with E-state index >= 15 is 0 Å². The number of aryl methyl sites for hydroxylation is 1. The maximum atomic E-state index is 14.1. The molecule has 0 saturated heterocycles. The molecule has 0 radical (unpaired) electrons. The zero-order valence-electron chi connectivity index (χ0n) is 19.5. The number of aromatic nitrogens is 2. The van der Waals surface area contributed by atoms with Crippen molar-refractivity contribution in [2.24, 2.45) is 0 Å². The van der Waals surface area contributed by atoms with Crippen molar-refractivity contribution in [3.8, 4) is 5.75 Å². The van der Waals surface area contributed by atoms with Crippen LogP contribution in [0.3, 0.4) is 0 Å². The lowest BCUT2D eigenvalue weighted by molar-refractivity contribution is 0.102. The molecule has 0 aliphatic heterocycles. The molecule has 5 nitrogen and oxygen atoms in total. The van der Waals surface area contributed by atoms with Gasteiger partial charge in [0, 0.05) is 10.6 Å². The molecule has 0 bridgehead atoms. The molecule has 0 fully saturated rings. The second kappa shape index (κ2) is 10.6. The van der Waals surface area contributed by atoms with Gasteiger partial charge in [0.1, 0.15) is 12.4 Å². The van der Waals surface area contributed by atoms with E-state index < -0.39 is 47.1 Å². The second-order valence-corrected chi connectivity index (χ2v) is 8.58. The highest BCUT2D eigenvalue weighted by molar-refractivity contribution is 6.30. The van der Waals surface area contributed by atoms with E-state index in [4.69, 9.17) is 16.3 Å². The quantitative estimate of drug-likeness (QED) is 0.162. The molecule has 4 aromatic rings. The molecule has 4 rings (SSSR count). The van der Waals surface area contributed by atoms with E-state index in [1.807, 2.05) is 0 Å². The highest BCUT2D eigenvalue weighted by Crippen LogP contribution is 2.26. The number of anilines is 1. The summed E-state index contributed by atoms with van der Waals surface area (Å²) in [7, 11) is 0. The van der Waals surface area contributed by atoms with Gasteiger partial charge in [-0.2, -0.15) is 5.10 Å². The van der Waals surface area contributed by atoms with Crippen molar-refractivity contribution in [3.05, 3.63) is 111 Å². The van der Waals surface area contributed by atoms with Crippen molar-refractivity contribution in [1.29, 1.82) is 0 Å². The molecule has 1 heterocycles. The molecule has 1 N–H and O–H groups in total. The van der Waals surface area contributed by atoms with E-state index in [9.17, 15) is 26.7 Å². The maximum absolute atomic E-state index is 14.1. The van der Waals surface area contributed by atoms with Crippen LogP contribution in [0, 0.1) is 42.9 Å². The van der Waals surface area contributed by atoms with Gasteiger partial charge in [-0.25, -0.2) is 22.0 Å². The largest absolute Gasteiger partial charge is 0.489 e. The first-order chi connectivity index (χ1) is 17.6. The van der Waals surface area contributed by atoms with Gasteiger partial charge < -0.3 is 10.1 Å². The van der Waals surface area contributed by atoms with Gasteiger partial charge in [-0.05, 0) is 55.8 Å². The van der Waals surface area contributed by atoms with Crippen LogP contribution in [0.25, 0.3) is 0 Å².